The van der Waals surface area contributed by atoms with Crippen LogP contribution in [0.25, 0.3) is 6.08 Å². The van der Waals surface area contributed by atoms with Crippen molar-refractivity contribution in [1.29, 1.82) is 0 Å². The number of aliphatic hydroxyl groups excluding tert-OH is 1. The minimum Gasteiger partial charge on any atom is -0.386 e. The van der Waals surface area contributed by atoms with Crippen LogP contribution in [0, 0.1) is 0 Å². The van der Waals surface area contributed by atoms with Gasteiger partial charge in [-0.15, -0.1) is 6.58 Å². The molecular formula is C11H11NO. The molecule has 0 aliphatic carbocycles. The van der Waals surface area contributed by atoms with Crippen LogP contribution in [0.2, 0.25) is 0 Å². The number of hydrogen-bond donors (Lipinski definition) is 1. The van der Waals surface area contributed by atoms with Crippen molar-refractivity contribution in [2.24, 2.45) is 4.99 Å². The third-order valence-corrected chi connectivity index (χ3v) is 2.17. The van der Waals surface area contributed by atoms with E-state index in [0.29, 0.717) is 0 Å². The molecule has 0 saturated carbocycles. The van der Waals surface area contributed by atoms with Gasteiger partial charge in [0.1, 0.15) is 0 Å². The zero-order valence-electron chi connectivity index (χ0n) is 7.22. The first kappa shape index (κ1) is 8.20. The average molecular weight is 173 g/mol. The fraction of sp³-hybridized carbons (Fsp3) is 0.182. The maximum Gasteiger partial charge on any atom is 0.0991 e. The van der Waals surface area contributed by atoms with Gasteiger partial charge in [0.25, 0.3) is 0 Å². The summed E-state index contributed by atoms with van der Waals surface area (Å²) in [4.78, 5) is 4.35. The monoisotopic (exact) mass is 173 g/mol. The zero-order valence-corrected chi connectivity index (χ0v) is 7.22. The molecule has 0 spiro atoms. The molecule has 2 atom stereocenters. The Morgan fingerprint density at radius 1 is 1.46 bits per heavy atom. The number of aliphatic hydroxyl groups is 1. The predicted octanol–water partition coefficient (Wildman–Crippen LogP) is 0.0158. The number of benzene rings is 1. The summed E-state index contributed by atoms with van der Waals surface area (Å²) in [7, 11) is 0. The van der Waals surface area contributed by atoms with Gasteiger partial charge in [0, 0.05) is 0 Å². The lowest BCUT2D eigenvalue weighted by atomic mass is 10.1. The van der Waals surface area contributed by atoms with Crippen LogP contribution in [-0.2, 0) is 0 Å². The third-order valence-electron chi connectivity index (χ3n) is 2.17. The zero-order chi connectivity index (χ0) is 9.26. The van der Waals surface area contributed by atoms with Crippen LogP contribution < -0.4 is 10.6 Å². The highest BCUT2D eigenvalue weighted by Gasteiger charge is 2.14. The van der Waals surface area contributed by atoms with Gasteiger partial charge in [-0.1, -0.05) is 24.3 Å². The highest BCUT2D eigenvalue weighted by atomic mass is 16.3. The van der Waals surface area contributed by atoms with Crippen LogP contribution in [-0.4, -0.2) is 17.3 Å². The molecular weight excluding hydrogens is 162 g/mol. The van der Waals surface area contributed by atoms with Crippen LogP contribution in [0.3, 0.4) is 0 Å². The molecule has 2 heteroatoms. The molecule has 0 aromatic heterocycles. The van der Waals surface area contributed by atoms with Crippen molar-refractivity contribution in [2.75, 3.05) is 0 Å². The van der Waals surface area contributed by atoms with Crippen molar-refractivity contribution in [3.05, 3.63) is 47.5 Å². The molecule has 66 valence electrons. The van der Waals surface area contributed by atoms with E-state index in [4.69, 9.17) is 0 Å². The fourth-order valence-electron chi connectivity index (χ4n) is 1.44. The predicted molar refractivity (Wildman–Crippen MR) is 51.7 cm³/mol. The van der Waals surface area contributed by atoms with E-state index in [1.807, 2.05) is 30.3 Å². The Morgan fingerprint density at radius 2 is 2.23 bits per heavy atom. The molecule has 2 nitrogen and oxygen atoms in total. The van der Waals surface area contributed by atoms with E-state index >= 15 is 0 Å². The van der Waals surface area contributed by atoms with Crippen molar-refractivity contribution >= 4 is 6.08 Å². The molecule has 1 aromatic rings. The van der Waals surface area contributed by atoms with Crippen molar-refractivity contribution < 1.29 is 5.11 Å². The van der Waals surface area contributed by atoms with Crippen LogP contribution in [0.15, 0.2) is 41.9 Å². The number of nitrogens with zero attached hydrogens (tertiary/aromatic N) is 1. The Bertz CT molecular complexity index is 401. The Hall–Kier alpha value is -1.41. The lowest BCUT2D eigenvalue weighted by molar-refractivity contribution is 0.214. The minimum absolute atomic E-state index is 0.158. The molecule has 2 rings (SSSR count). The van der Waals surface area contributed by atoms with E-state index in [1.54, 1.807) is 0 Å². The number of para-hydroxylation sites is 1. The second kappa shape index (κ2) is 3.15. The summed E-state index contributed by atoms with van der Waals surface area (Å²) in [6, 6.07) is 7.69. The van der Waals surface area contributed by atoms with Gasteiger partial charge in [-0.05, 0) is 17.4 Å². The average Bonchev–Trinajstić information content (AvgIpc) is 2.59. The Kier molecular flexibility index (Phi) is 1.99. The van der Waals surface area contributed by atoms with Gasteiger partial charge in [-0.2, -0.15) is 0 Å². The van der Waals surface area contributed by atoms with Gasteiger partial charge >= 0.3 is 0 Å². The van der Waals surface area contributed by atoms with Crippen LogP contribution >= 0.6 is 0 Å². The van der Waals surface area contributed by atoms with E-state index in [1.165, 1.54) is 6.08 Å². The molecule has 1 N–H and O–H groups in total. The van der Waals surface area contributed by atoms with Crippen molar-refractivity contribution in [1.82, 2.24) is 0 Å². The standard InChI is InChI=1S/C11H11NO/c1-2-11(13)10-7-8-5-3-4-6-9(8)12-10/h2-7,10-11,13H,1H2. The molecule has 0 bridgehead atoms. The Morgan fingerprint density at radius 3 is 2.92 bits per heavy atom. The molecule has 0 radical (unpaired) electrons. The highest BCUT2D eigenvalue weighted by molar-refractivity contribution is 5.36. The second-order valence-electron chi connectivity index (χ2n) is 3.07. The lowest BCUT2D eigenvalue weighted by Crippen LogP contribution is -2.19. The number of fused-ring (bicyclic) bond motifs is 1. The van der Waals surface area contributed by atoms with E-state index in [-0.39, 0.29) is 6.04 Å². The van der Waals surface area contributed by atoms with Crippen LogP contribution in [0.4, 0.5) is 0 Å². The first-order valence-electron chi connectivity index (χ1n) is 4.26. The topological polar surface area (TPSA) is 32.6 Å². The van der Waals surface area contributed by atoms with Crippen molar-refractivity contribution in [3.8, 4) is 0 Å². The first-order chi connectivity index (χ1) is 6.31. The van der Waals surface area contributed by atoms with Gasteiger partial charge in [-0.25, -0.2) is 0 Å². The summed E-state index contributed by atoms with van der Waals surface area (Å²) in [5.74, 6) is 0. The van der Waals surface area contributed by atoms with Crippen LogP contribution in [0.1, 0.15) is 0 Å². The van der Waals surface area contributed by atoms with Crippen LogP contribution in [0.5, 0.6) is 0 Å². The van der Waals surface area contributed by atoms with Gasteiger partial charge in [0.05, 0.1) is 17.5 Å². The largest absolute Gasteiger partial charge is 0.386 e. The summed E-state index contributed by atoms with van der Waals surface area (Å²) < 4.78 is 0. The first-order valence-corrected chi connectivity index (χ1v) is 4.26. The summed E-state index contributed by atoms with van der Waals surface area (Å²) in [5.41, 5.74) is 0. The maximum atomic E-state index is 9.49. The summed E-state index contributed by atoms with van der Waals surface area (Å²) >= 11 is 0. The smallest absolute Gasteiger partial charge is 0.0991 e. The normalized spacial score (nSPS) is 21.2. The van der Waals surface area contributed by atoms with Gasteiger partial charge < -0.3 is 5.11 Å². The second-order valence-corrected chi connectivity index (χ2v) is 3.07. The SMILES string of the molecule is C=CC(O)C1C=c2ccccc2=N1. The van der Waals surface area contributed by atoms with Gasteiger partial charge in [-0.3, -0.25) is 4.99 Å². The quantitative estimate of drug-likeness (QED) is 0.628. The van der Waals surface area contributed by atoms with Gasteiger partial charge in [0.15, 0.2) is 0 Å². The van der Waals surface area contributed by atoms with E-state index in [0.717, 1.165) is 10.6 Å². The maximum absolute atomic E-state index is 9.49. The molecule has 1 aliphatic rings. The molecule has 1 heterocycles. The Labute approximate surface area is 76.6 Å². The molecule has 0 fully saturated rings. The van der Waals surface area contributed by atoms with E-state index < -0.39 is 6.10 Å². The highest BCUT2D eigenvalue weighted by Crippen LogP contribution is 2.03. The fourth-order valence-corrected chi connectivity index (χ4v) is 1.44. The molecule has 0 saturated heterocycles. The summed E-state index contributed by atoms with van der Waals surface area (Å²) in [6.07, 6.45) is 2.89. The molecule has 0 amide bonds. The molecule has 1 aromatic carbocycles. The van der Waals surface area contributed by atoms with Gasteiger partial charge in [0.2, 0.25) is 0 Å². The molecule has 1 aliphatic heterocycles. The summed E-state index contributed by atoms with van der Waals surface area (Å²) in [5, 5.41) is 11.5. The van der Waals surface area contributed by atoms with E-state index in [2.05, 4.69) is 11.6 Å². The third kappa shape index (κ3) is 1.40. The van der Waals surface area contributed by atoms with E-state index in [9.17, 15) is 5.11 Å². The molecule has 2 unspecified atom stereocenters. The van der Waals surface area contributed by atoms with Crippen molar-refractivity contribution in [3.63, 3.8) is 0 Å². The molecule has 13 heavy (non-hydrogen) atoms. The number of rotatable bonds is 2. The number of hydrogen-bond acceptors (Lipinski definition) is 2. The van der Waals surface area contributed by atoms with Crippen molar-refractivity contribution in [2.45, 2.75) is 12.1 Å². The lowest BCUT2D eigenvalue weighted by Gasteiger charge is -2.07. The Balaban J connectivity index is 2.46. The minimum atomic E-state index is -0.576. The summed E-state index contributed by atoms with van der Waals surface area (Å²) in [6.45, 7) is 3.54.